The molecule has 0 spiro atoms. The van der Waals surface area contributed by atoms with Crippen LogP contribution in [-0.4, -0.2) is 80.2 Å². The molecule has 51 heavy (non-hydrogen) atoms. The van der Waals surface area contributed by atoms with Gasteiger partial charge in [-0.3, -0.25) is 0 Å². The number of anilines is 3. The Bertz CT molecular complexity index is 1580. The van der Waals surface area contributed by atoms with Crippen LogP contribution in [0.4, 0.5) is 17.1 Å². The summed E-state index contributed by atoms with van der Waals surface area (Å²) in [7, 11) is 10.3. The third-order valence-electron chi connectivity index (χ3n) is 9.40. The maximum Gasteiger partial charge on any atom is 0.338 e. The van der Waals surface area contributed by atoms with Gasteiger partial charge in [-0.1, -0.05) is 75.0 Å². The first-order valence-corrected chi connectivity index (χ1v) is 17.6. The highest BCUT2D eigenvalue weighted by molar-refractivity contribution is 5.90. The number of hydrogen-bond donors (Lipinski definition) is 0. The third-order valence-corrected chi connectivity index (χ3v) is 9.40. The van der Waals surface area contributed by atoms with Crippen LogP contribution in [0.15, 0.2) is 104 Å². The molecule has 8 nitrogen and oxygen atoms in total. The molecule has 0 atom stereocenters. The molecule has 0 saturated heterocycles. The molecule has 0 saturated carbocycles. The van der Waals surface area contributed by atoms with E-state index in [9.17, 15) is 4.79 Å². The lowest BCUT2D eigenvalue weighted by atomic mass is 9.85. The summed E-state index contributed by atoms with van der Waals surface area (Å²) in [6.07, 6.45) is 2.98. The molecule has 0 heterocycles. The molecular weight excluding hydrogens is 638 g/mol. The van der Waals surface area contributed by atoms with Crippen molar-refractivity contribution in [2.45, 2.75) is 38.2 Å². The number of benzene rings is 4. The van der Waals surface area contributed by atoms with Gasteiger partial charge in [-0.15, -0.1) is 0 Å². The van der Waals surface area contributed by atoms with Gasteiger partial charge in [0.1, 0.15) is 19.2 Å². The number of nitrogens with zero attached hydrogens (tertiary/aromatic N) is 3. The molecule has 0 bridgehead atoms. The van der Waals surface area contributed by atoms with Crippen molar-refractivity contribution in [3.63, 3.8) is 0 Å². The number of ether oxygens (including phenoxy) is 4. The summed E-state index contributed by atoms with van der Waals surface area (Å²) in [5.41, 5.74) is 7.92. The highest BCUT2D eigenvalue weighted by atomic mass is 16.7. The van der Waals surface area contributed by atoms with E-state index in [2.05, 4.69) is 129 Å². The van der Waals surface area contributed by atoms with Gasteiger partial charge in [0.15, 0.2) is 0 Å². The van der Waals surface area contributed by atoms with E-state index in [1.54, 1.807) is 18.2 Å². The van der Waals surface area contributed by atoms with E-state index in [1.807, 2.05) is 26.0 Å². The number of hydrogen-bond acceptors (Lipinski definition) is 8. The highest BCUT2D eigenvalue weighted by Crippen LogP contribution is 2.34. The van der Waals surface area contributed by atoms with Crippen LogP contribution in [0.1, 0.15) is 65.2 Å². The second-order valence-electron chi connectivity index (χ2n) is 13.2. The van der Waals surface area contributed by atoms with Crippen LogP contribution < -0.4 is 14.7 Å². The zero-order valence-corrected chi connectivity index (χ0v) is 31.4. The Balaban J connectivity index is 1.25. The molecule has 0 aliphatic carbocycles. The van der Waals surface area contributed by atoms with Crippen LogP contribution in [0.3, 0.4) is 0 Å². The van der Waals surface area contributed by atoms with E-state index >= 15 is 0 Å². The fourth-order valence-corrected chi connectivity index (χ4v) is 5.84. The molecule has 0 N–H and O–H groups in total. The molecule has 0 fully saturated rings. The van der Waals surface area contributed by atoms with Gasteiger partial charge in [0.05, 0.1) is 18.8 Å². The van der Waals surface area contributed by atoms with Crippen LogP contribution >= 0.6 is 0 Å². The molecule has 272 valence electrons. The van der Waals surface area contributed by atoms with Crippen molar-refractivity contribution in [2.75, 3.05) is 83.3 Å². The normalized spacial score (nSPS) is 11.4. The number of carbonyl (C=O) groups excluding carboxylic acids is 1. The van der Waals surface area contributed by atoms with E-state index in [0.29, 0.717) is 31.6 Å². The number of carbonyl (C=O) groups is 1. The van der Waals surface area contributed by atoms with Gasteiger partial charge in [0.25, 0.3) is 0 Å². The maximum atomic E-state index is 12.8. The maximum absolute atomic E-state index is 12.8. The second kappa shape index (κ2) is 19.1. The lowest BCUT2D eigenvalue weighted by molar-refractivity contribution is -0.157. The zero-order valence-electron chi connectivity index (χ0n) is 31.4. The Hall–Kier alpha value is -4.63. The summed E-state index contributed by atoms with van der Waals surface area (Å²) in [4.78, 5) is 19.2. The largest absolute Gasteiger partial charge is 0.453 e. The molecule has 0 aliphatic rings. The van der Waals surface area contributed by atoms with Gasteiger partial charge in [0.2, 0.25) is 0 Å². The minimum absolute atomic E-state index is 0.0432. The number of rotatable bonds is 20. The van der Waals surface area contributed by atoms with Crippen LogP contribution in [0.25, 0.3) is 6.08 Å². The Kier molecular flexibility index (Phi) is 14.7. The highest BCUT2D eigenvalue weighted by Gasteiger charge is 2.31. The molecular formula is C43H55N3O5. The Morgan fingerprint density at radius 2 is 1.14 bits per heavy atom. The molecule has 4 rings (SSSR count). The molecule has 0 aromatic heterocycles. The van der Waals surface area contributed by atoms with Crippen molar-refractivity contribution in [3.8, 4) is 0 Å². The van der Waals surface area contributed by atoms with Crippen LogP contribution in [-0.2, 0) is 18.9 Å². The summed E-state index contributed by atoms with van der Waals surface area (Å²) in [5.74, 6) is -0.258. The van der Waals surface area contributed by atoms with E-state index in [1.165, 1.54) is 28.1 Å². The zero-order chi connectivity index (χ0) is 36.8. The monoisotopic (exact) mass is 693 g/mol. The summed E-state index contributed by atoms with van der Waals surface area (Å²) >= 11 is 0. The fourth-order valence-electron chi connectivity index (χ4n) is 5.84. The Labute approximate surface area is 305 Å². The van der Waals surface area contributed by atoms with E-state index < -0.39 is 5.60 Å². The van der Waals surface area contributed by atoms with Gasteiger partial charge < -0.3 is 33.6 Å². The third kappa shape index (κ3) is 10.9. The van der Waals surface area contributed by atoms with Gasteiger partial charge in [0, 0.05) is 64.8 Å². The van der Waals surface area contributed by atoms with Crippen molar-refractivity contribution >= 4 is 29.1 Å². The Morgan fingerprint density at radius 3 is 1.59 bits per heavy atom. The average Bonchev–Trinajstić information content (AvgIpc) is 3.16. The molecule has 4 aromatic carbocycles. The van der Waals surface area contributed by atoms with Gasteiger partial charge in [-0.2, -0.15) is 0 Å². The lowest BCUT2D eigenvalue weighted by Crippen LogP contribution is -2.39. The van der Waals surface area contributed by atoms with E-state index in [0.717, 1.165) is 11.3 Å². The van der Waals surface area contributed by atoms with Crippen LogP contribution in [0.5, 0.6) is 0 Å². The van der Waals surface area contributed by atoms with Gasteiger partial charge >= 0.3 is 5.97 Å². The predicted molar refractivity (Wildman–Crippen MR) is 210 cm³/mol. The van der Waals surface area contributed by atoms with Crippen molar-refractivity contribution in [1.82, 2.24) is 0 Å². The van der Waals surface area contributed by atoms with Crippen molar-refractivity contribution in [2.24, 2.45) is 0 Å². The summed E-state index contributed by atoms with van der Waals surface area (Å²) in [5, 5.41) is 0. The fraction of sp³-hybridized carbons (Fsp3) is 0.372. The molecule has 4 aromatic rings. The summed E-state index contributed by atoms with van der Waals surface area (Å²) in [6, 6.07) is 33.6. The molecule has 8 heteroatoms. The van der Waals surface area contributed by atoms with Crippen molar-refractivity contribution < 1.29 is 23.7 Å². The second-order valence-corrected chi connectivity index (χ2v) is 13.2. The number of likely N-dealkylation sites (N-methyl/N-ethyl adjacent to an activating group) is 1. The van der Waals surface area contributed by atoms with Gasteiger partial charge in [-0.25, -0.2) is 4.79 Å². The first-order valence-electron chi connectivity index (χ1n) is 17.6. The van der Waals surface area contributed by atoms with Crippen LogP contribution in [0.2, 0.25) is 0 Å². The van der Waals surface area contributed by atoms with Crippen molar-refractivity contribution in [1.29, 1.82) is 0 Å². The summed E-state index contributed by atoms with van der Waals surface area (Å²) < 4.78 is 23.0. The Morgan fingerprint density at radius 1 is 0.667 bits per heavy atom. The first kappa shape index (κ1) is 39.2. The van der Waals surface area contributed by atoms with Crippen LogP contribution in [0, 0.1) is 0 Å². The molecule has 0 radical (unpaired) electrons. The predicted octanol–water partition coefficient (Wildman–Crippen LogP) is 8.46. The minimum Gasteiger partial charge on any atom is -0.453 e. The molecule has 0 amide bonds. The van der Waals surface area contributed by atoms with Crippen molar-refractivity contribution in [3.05, 3.63) is 131 Å². The average molecular weight is 694 g/mol. The number of esters is 1. The van der Waals surface area contributed by atoms with E-state index in [-0.39, 0.29) is 32.1 Å². The lowest BCUT2D eigenvalue weighted by Gasteiger charge is -2.31. The van der Waals surface area contributed by atoms with E-state index in [4.69, 9.17) is 18.9 Å². The topological polar surface area (TPSA) is 63.7 Å². The van der Waals surface area contributed by atoms with Gasteiger partial charge in [-0.05, 0) is 83.6 Å². The molecule has 0 unspecified atom stereocenters. The minimum atomic E-state index is -0.732. The quantitative estimate of drug-likeness (QED) is 0.0396. The molecule has 0 aliphatic heterocycles. The standard InChI is InChI=1S/C43H55N3O5/c1-9-33-12-14-37(15-13-33)42(47)51-43(10-2,11-3)30-49-32-50-31-48-29-28-46(8)40-26-20-36(21-27-40)41(34-16-22-38(23-17-34)44(4)5)35-18-24-39(25-19-35)45(6)7/h9,12-27,41H,1,10-11,28-32H2,2-8H3. The SMILES string of the molecule is C=Cc1ccc(C(=O)OC(CC)(CC)COCOCOCCN(C)c2ccc(C(c3ccc(N(C)C)cc3)c3ccc(N(C)C)cc3)cc2)cc1. The summed E-state index contributed by atoms with van der Waals surface area (Å²) in [6.45, 7) is 9.30. The smallest absolute Gasteiger partial charge is 0.338 e. The first-order chi connectivity index (χ1) is 24.6.